The lowest BCUT2D eigenvalue weighted by Crippen LogP contribution is -2.24. The fraction of sp³-hybridized carbons (Fsp3) is 0.222. The summed E-state index contributed by atoms with van der Waals surface area (Å²) in [5, 5.41) is 2.53. The Morgan fingerprint density at radius 2 is 2.12 bits per heavy atom. The molecule has 0 aliphatic rings. The van der Waals surface area contributed by atoms with Crippen LogP contribution in [-0.2, 0) is 6.54 Å². The Balaban J connectivity index is 2.01. The van der Waals surface area contributed by atoms with E-state index in [0.29, 0.717) is 13.0 Å². The van der Waals surface area contributed by atoms with E-state index in [1.54, 1.807) is 12.1 Å². The summed E-state index contributed by atoms with van der Waals surface area (Å²) >= 11 is 0. The first kappa shape index (κ1) is 18.4. The average molecular weight is 347 g/mol. The van der Waals surface area contributed by atoms with Gasteiger partial charge in [-0.1, -0.05) is 24.3 Å². The van der Waals surface area contributed by atoms with Crippen molar-refractivity contribution in [2.45, 2.75) is 19.9 Å². The Labute approximate surface area is 144 Å². The number of ether oxygens (including phenoxy) is 1. The summed E-state index contributed by atoms with van der Waals surface area (Å²) in [7, 11) is 0. The molecule has 5 nitrogen and oxygen atoms in total. The molecular formula is C18H19F2N3O2. The number of carbonyl (C=O) groups excluding carboxylic acids is 1. The number of anilines is 1. The van der Waals surface area contributed by atoms with Crippen LogP contribution in [0, 0.1) is 11.8 Å². The number of benzene rings is 1. The van der Waals surface area contributed by atoms with Crippen molar-refractivity contribution in [3.63, 3.8) is 0 Å². The Bertz CT molecular complexity index is 779. The third-order valence-electron chi connectivity index (χ3n) is 3.40. The molecule has 0 aliphatic carbocycles. The molecule has 0 atom stereocenters. The molecule has 2 rings (SSSR count). The van der Waals surface area contributed by atoms with Crippen molar-refractivity contribution in [2.75, 3.05) is 12.3 Å². The lowest BCUT2D eigenvalue weighted by atomic mass is 10.2. The van der Waals surface area contributed by atoms with Gasteiger partial charge in [-0.05, 0) is 31.5 Å². The summed E-state index contributed by atoms with van der Waals surface area (Å²) < 4.78 is 32.7. The largest absolute Gasteiger partial charge is 0.490 e. The minimum atomic E-state index is -0.775. The maximum atomic E-state index is 14.4. The third-order valence-corrected chi connectivity index (χ3v) is 3.40. The number of halogens is 2. The molecule has 0 bridgehead atoms. The molecule has 1 heterocycles. The molecule has 0 saturated heterocycles. The van der Waals surface area contributed by atoms with E-state index in [0.717, 1.165) is 6.07 Å². The zero-order valence-corrected chi connectivity index (χ0v) is 13.8. The van der Waals surface area contributed by atoms with Gasteiger partial charge in [0.05, 0.1) is 12.2 Å². The highest BCUT2D eigenvalue weighted by molar-refractivity contribution is 5.98. The van der Waals surface area contributed by atoms with E-state index in [1.807, 2.05) is 19.1 Å². The van der Waals surface area contributed by atoms with Crippen molar-refractivity contribution in [3.8, 4) is 5.75 Å². The smallest absolute Gasteiger partial charge is 0.255 e. The highest BCUT2D eigenvalue weighted by Gasteiger charge is 2.14. The number of nitrogens with zero attached hydrogens (tertiary/aromatic N) is 1. The third kappa shape index (κ3) is 5.00. The monoisotopic (exact) mass is 347 g/mol. The van der Waals surface area contributed by atoms with Crippen LogP contribution in [0.2, 0.25) is 0 Å². The van der Waals surface area contributed by atoms with Gasteiger partial charge >= 0.3 is 0 Å². The molecule has 0 fully saturated rings. The second-order valence-corrected chi connectivity index (χ2v) is 5.18. The maximum absolute atomic E-state index is 14.4. The fourth-order valence-corrected chi connectivity index (χ4v) is 2.12. The quantitative estimate of drug-likeness (QED) is 0.458. The number of allylic oxidation sites excluding steroid dienone is 1. The number of hydrogen-bond acceptors (Lipinski definition) is 4. The number of amides is 1. The zero-order valence-electron chi connectivity index (χ0n) is 13.8. The van der Waals surface area contributed by atoms with Crippen molar-refractivity contribution in [3.05, 3.63) is 65.4 Å². The van der Waals surface area contributed by atoms with Crippen molar-refractivity contribution >= 4 is 11.7 Å². The highest BCUT2D eigenvalue weighted by atomic mass is 19.1. The number of rotatable bonds is 7. The summed E-state index contributed by atoms with van der Waals surface area (Å²) in [5.74, 6) is -1.97. The molecule has 132 valence electrons. The Hall–Kier alpha value is -2.96. The molecule has 1 amide bonds. The molecule has 0 unspecified atom stereocenters. The predicted octanol–water partition coefficient (Wildman–Crippen LogP) is 3.22. The zero-order chi connectivity index (χ0) is 18.2. The molecule has 0 aliphatic heterocycles. The van der Waals surface area contributed by atoms with E-state index >= 15 is 0 Å². The van der Waals surface area contributed by atoms with Crippen LogP contribution in [0.15, 0.2) is 42.5 Å². The summed E-state index contributed by atoms with van der Waals surface area (Å²) in [6, 6.07) is 6.97. The van der Waals surface area contributed by atoms with Crippen LogP contribution in [0.1, 0.15) is 29.3 Å². The van der Waals surface area contributed by atoms with Crippen LogP contribution in [0.25, 0.3) is 0 Å². The number of nitrogens with two attached hydrogens (primary N) is 1. The second kappa shape index (κ2) is 8.77. The number of carbonyl (C=O) groups is 1. The fourth-order valence-electron chi connectivity index (χ4n) is 2.12. The summed E-state index contributed by atoms with van der Waals surface area (Å²) in [6.07, 6.45) is 4.48. The van der Waals surface area contributed by atoms with Gasteiger partial charge in [0, 0.05) is 12.1 Å². The normalized spacial score (nSPS) is 10.8. The van der Waals surface area contributed by atoms with Gasteiger partial charge in [-0.3, -0.25) is 4.79 Å². The molecule has 2 aromatic rings. The first-order chi connectivity index (χ1) is 12.0. The Morgan fingerprint density at radius 3 is 2.84 bits per heavy atom. The van der Waals surface area contributed by atoms with Gasteiger partial charge in [0.15, 0.2) is 11.6 Å². The molecular weight excluding hydrogens is 328 g/mol. The van der Waals surface area contributed by atoms with E-state index in [1.165, 1.54) is 12.1 Å². The number of nitrogen functional groups attached to an aromatic ring is 1. The van der Waals surface area contributed by atoms with E-state index in [2.05, 4.69) is 10.3 Å². The second-order valence-electron chi connectivity index (χ2n) is 5.18. The molecule has 0 spiro atoms. The lowest BCUT2D eigenvalue weighted by molar-refractivity contribution is 0.0951. The molecule has 1 aromatic carbocycles. The van der Waals surface area contributed by atoms with E-state index in [4.69, 9.17) is 10.5 Å². The number of nitrogens with one attached hydrogen (secondary N) is 1. The van der Waals surface area contributed by atoms with Crippen LogP contribution in [0.4, 0.5) is 14.6 Å². The molecule has 1 aromatic heterocycles. The average Bonchev–Trinajstić information content (AvgIpc) is 2.58. The molecule has 3 N–H and O–H groups in total. The van der Waals surface area contributed by atoms with Gasteiger partial charge in [0.25, 0.3) is 5.91 Å². The molecule has 25 heavy (non-hydrogen) atoms. The van der Waals surface area contributed by atoms with Gasteiger partial charge in [-0.15, -0.1) is 0 Å². The molecule has 0 saturated carbocycles. The van der Waals surface area contributed by atoms with Crippen LogP contribution < -0.4 is 15.8 Å². The summed E-state index contributed by atoms with van der Waals surface area (Å²) in [6.45, 7) is 2.19. The highest BCUT2D eigenvalue weighted by Crippen LogP contribution is 2.21. The van der Waals surface area contributed by atoms with Gasteiger partial charge in [0.1, 0.15) is 5.82 Å². The number of aromatic nitrogens is 1. The molecule has 7 heteroatoms. The number of hydrogen-bond donors (Lipinski definition) is 2. The van der Waals surface area contributed by atoms with Crippen LogP contribution in [0.3, 0.4) is 0 Å². The first-order valence-electron chi connectivity index (χ1n) is 7.74. The first-order valence-corrected chi connectivity index (χ1v) is 7.74. The van der Waals surface area contributed by atoms with Crippen molar-refractivity contribution in [1.82, 2.24) is 10.3 Å². The van der Waals surface area contributed by atoms with Gasteiger partial charge in [-0.2, -0.15) is 4.39 Å². The SMILES string of the molecule is CC=CCCOc1cccc(CNC(=O)c2ccc(F)nc2N)c1F. The van der Waals surface area contributed by atoms with Gasteiger partial charge in [0.2, 0.25) is 5.95 Å². The van der Waals surface area contributed by atoms with Crippen LogP contribution in [0.5, 0.6) is 5.75 Å². The topological polar surface area (TPSA) is 77.2 Å². The van der Waals surface area contributed by atoms with E-state index < -0.39 is 17.7 Å². The van der Waals surface area contributed by atoms with Crippen LogP contribution >= 0.6 is 0 Å². The lowest BCUT2D eigenvalue weighted by Gasteiger charge is -2.11. The maximum Gasteiger partial charge on any atom is 0.255 e. The minimum Gasteiger partial charge on any atom is -0.490 e. The summed E-state index contributed by atoms with van der Waals surface area (Å²) in [5.41, 5.74) is 5.81. The van der Waals surface area contributed by atoms with Crippen LogP contribution in [-0.4, -0.2) is 17.5 Å². The standard InChI is InChI=1S/C18H19F2N3O2/c1-2-3-4-10-25-14-7-5-6-12(16(14)20)11-22-18(24)13-8-9-15(19)23-17(13)21/h2-3,5-9H,4,10-11H2,1H3,(H2,21,23)(H,22,24). The Kier molecular flexibility index (Phi) is 6.45. The van der Waals surface area contributed by atoms with Crippen molar-refractivity contribution < 1.29 is 18.3 Å². The molecule has 0 radical (unpaired) electrons. The number of pyridine rings is 1. The van der Waals surface area contributed by atoms with Crippen molar-refractivity contribution in [2.24, 2.45) is 0 Å². The predicted molar refractivity (Wildman–Crippen MR) is 91.1 cm³/mol. The minimum absolute atomic E-state index is 0.0283. The van der Waals surface area contributed by atoms with E-state index in [-0.39, 0.29) is 29.2 Å². The van der Waals surface area contributed by atoms with Gasteiger partial charge < -0.3 is 15.8 Å². The van der Waals surface area contributed by atoms with E-state index in [9.17, 15) is 13.6 Å². The Morgan fingerprint density at radius 1 is 1.32 bits per heavy atom. The summed E-state index contributed by atoms with van der Waals surface area (Å²) in [4.78, 5) is 15.5. The van der Waals surface area contributed by atoms with Crippen molar-refractivity contribution in [1.29, 1.82) is 0 Å². The van der Waals surface area contributed by atoms with Gasteiger partial charge in [-0.25, -0.2) is 9.37 Å².